The second kappa shape index (κ2) is 8.08. The SMILES string of the molecule is NC(=O)c1ccccc1C(F)(F)F.[Na+].[O-]Br. The summed E-state index contributed by atoms with van der Waals surface area (Å²) in [5.74, 6) is -1.08. The van der Waals surface area contributed by atoms with Gasteiger partial charge in [-0.2, -0.15) is 13.2 Å². The van der Waals surface area contributed by atoms with E-state index in [1.54, 1.807) is 16.3 Å². The molecule has 0 aliphatic rings. The van der Waals surface area contributed by atoms with Crippen LogP contribution in [-0.2, 0) is 6.18 Å². The van der Waals surface area contributed by atoms with Crippen LogP contribution in [0.3, 0.4) is 0 Å². The number of carbonyl (C=O) groups is 1. The van der Waals surface area contributed by atoms with Crippen LogP contribution in [0.5, 0.6) is 0 Å². The number of amides is 1. The maximum Gasteiger partial charge on any atom is 1.00 e. The van der Waals surface area contributed by atoms with E-state index in [-0.39, 0.29) is 29.6 Å². The Hall–Kier alpha value is -0.0800. The largest absolute Gasteiger partial charge is 1.00 e. The molecule has 0 heterocycles. The Bertz CT molecular complexity index is 346. The van der Waals surface area contributed by atoms with Crippen molar-refractivity contribution in [3.8, 4) is 0 Å². The number of rotatable bonds is 1. The summed E-state index contributed by atoms with van der Waals surface area (Å²) in [4.78, 5) is 10.6. The second-order valence-corrected chi connectivity index (χ2v) is 2.41. The first-order valence-corrected chi connectivity index (χ1v) is 4.19. The Kier molecular flexibility index (Phi) is 9.23. The van der Waals surface area contributed by atoms with E-state index in [4.69, 9.17) is 9.93 Å². The summed E-state index contributed by atoms with van der Waals surface area (Å²) in [6.07, 6.45) is -4.54. The summed E-state index contributed by atoms with van der Waals surface area (Å²) >= 11 is 1.69. The molecule has 3 nitrogen and oxygen atoms in total. The van der Waals surface area contributed by atoms with Gasteiger partial charge in [-0.3, -0.25) is 4.79 Å². The van der Waals surface area contributed by atoms with Gasteiger partial charge in [0.1, 0.15) is 0 Å². The first-order valence-electron chi connectivity index (χ1n) is 3.54. The van der Waals surface area contributed by atoms with E-state index >= 15 is 0 Å². The number of carbonyl (C=O) groups excluding carboxylic acids is 1. The van der Waals surface area contributed by atoms with E-state index in [1.807, 2.05) is 0 Å². The molecule has 0 fully saturated rings. The minimum atomic E-state index is -4.54. The first kappa shape index (κ1) is 18.3. The van der Waals surface area contributed by atoms with Crippen LogP contribution in [0.25, 0.3) is 0 Å². The smallest absolute Gasteiger partial charge is 0.791 e. The third kappa shape index (κ3) is 5.31. The molecule has 1 aromatic carbocycles. The van der Waals surface area contributed by atoms with Gasteiger partial charge in [0.15, 0.2) is 0 Å². The molecule has 1 rings (SSSR count). The van der Waals surface area contributed by atoms with Gasteiger partial charge < -0.3 is 9.93 Å². The van der Waals surface area contributed by atoms with Gasteiger partial charge in [-0.15, -0.1) is 0 Å². The Labute approximate surface area is 121 Å². The van der Waals surface area contributed by atoms with Gasteiger partial charge in [0.2, 0.25) is 5.91 Å². The third-order valence-corrected chi connectivity index (χ3v) is 1.50. The van der Waals surface area contributed by atoms with Crippen LogP contribution in [0.1, 0.15) is 15.9 Å². The molecule has 0 spiro atoms. The molecule has 0 radical (unpaired) electrons. The maximum atomic E-state index is 12.2. The quantitative estimate of drug-likeness (QED) is 0.640. The average molecular weight is 308 g/mol. The van der Waals surface area contributed by atoms with Gasteiger partial charge in [-0.25, -0.2) is 16.3 Å². The van der Waals surface area contributed by atoms with Crippen LogP contribution in [0.15, 0.2) is 24.3 Å². The summed E-state index contributed by atoms with van der Waals surface area (Å²) in [6, 6.07) is 4.40. The standard InChI is InChI=1S/C8H6F3NO.BrO.Na/c9-8(10,11)6-4-2-1-3-5(6)7(12)13;1-2;/h1-4H,(H2,12,13);;/q;-1;+1. The van der Waals surface area contributed by atoms with E-state index in [1.165, 1.54) is 12.1 Å². The van der Waals surface area contributed by atoms with Crippen molar-refractivity contribution < 1.29 is 51.7 Å². The van der Waals surface area contributed by atoms with Gasteiger partial charge in [-0.05, 0) is 12.1 Å². The van der Waals surface area contributed by atoms with Gasteiger partial charge in [0, 0.05) is 0 Å². The molecular weight excluding hydrogens is 302 g/mol. The van der Waals surface area contributed by atoms with Crippen molar-refractivity contribution in [2.24, 2.45) is 5.73 Å². The molecule has 0 aliphatic carbocycles. The van der Waals surface area contributed by atoms with Crippen LogP contribution < -0.4 is 39.5 Å². The molecule has 0 bridgehead atoms. The Morgan fingerprint density at radius 1 is 1.25 bits per heavy atom. The zero-order chi connectivity index (χ0) is 12.1. The van der Waals surface area contributed by atoms with Crippen molar-refractivity contribution >= 4 is 22.2 Å². The molecule has 1 aromatic rings. The van der Waals surface area contributed by atoms with Crippen molar-refractivity contribution in [2.75, 3.05) is 0 Å². The van der Waals surface area contributed by atoms with Crippen LogP contribution >= 0.6 is 16.3 Å². The molecular formula is C8H6BrF3NNaO2. The predicted octanol–water partition coefficient (Wildman–Crippen LogP) is -1.54. The number of hydrogen-bond donors (Lipinski definition) is 1. The zero-order valence-electron chi connectivity index (χ0n) is 8.22. The number of benzene rings is 1. The third-order valence-electron chi connectivity index (χ3n) is 1.50. The molecule has 0 unspecified atom stereocenters. The van der Waals surface area contributed by atoms with Crippen LogP contribution in [0.2, 0.25) is 0 Å². The van der Waals surface area contributed by atoms with Crippen LogP contribution in [-0.4, -0.2) is 5.91 Å². The van der Waals surface area contributed by atoms with Gasteiger partial charge in [-0.1, -0.05) is 12.1 Å². The van der Waals surface area contributed by atoms with E-state index in [0.29, 0.717) is 0 Å². The minimum Gasteiger partial charge on any atom is -0.791 e. The molecule has 8 heteroatoms. The van der Waals surface area contributed by atoms with E-state index in [9.17, 15) is 18.0 Å². The Balaban J connectivity index is 0. The predicted molar refractivity (Wildman–Crippen MR) is 48.9 cm³/mol. The van der Waals surface area contributed by atoms with E-state index in [0.717, 1.165) is 12.1 Å². The van der Waals surface area contributed by atoms with Crippen molar-refractivity contribution in [3.63, 3.8) is 0 Å². The fraction of sp³-hybridized carbons (Fsp3) is 0.125. The summed E-state index contributed by atoms with van der Waals surface area (Å²) < 4.78 is 44.7. The molecule has 2 N–H and O–H groups in total. The summed E-state index contributed by atoms with van der Waals surface area (Å²) in [7, 11) is 0. The zero-order valence-corrected chi connectivity index (χ0v) is 11.8. The molecule has 16 heavy (non-hydrogen) atoms. The number of nitrogens with two attached hydrogens (primary N) is 1. The average Bonchev–Trinajstić information content (AvgIpc) is 2.19. The van der Waals surface area contributed by atoms with Crippen LogP contribution in [0.4, 0.5) is 13.2 Å². The maximum absolute atomic E-state index is 12.2. The minimum absolute atomic E-state index is 0. The Morgan fingerprint density at radius 2 is 1.69 bits per heavy atom. The molecule has 0 aliphatic heterocycles. The molecule has 1 amide bonds. The molecule has 0 aromatic heterocycles. The monoisotopic (exact) mass is 307 g/mol. The number of halogens is 4. The van der Waals surface area contributed by atoms with Crippen molar-refractivity contribution in [3.05, 3.63) is 35.4 Å². The van der Waals surface area contributed by atoms with E-state index in [2.05, 4.69) is 0 Å². The van der Waals surface area contributed by atoms with Crippen molar-refractivity contribution in [2.45, 2.75) is 6.18 Å². The number of alkyl halides is 3. The van der Waals surface area contributed by atoms with Gasteiger partial charge in [0.25, 0.3) is 0 Å². The van der Waals surface area contributed by atoms with Gasteiger partial charge >= 0.3 is 35.7 Å². The normalized spacial score (nSPS) is 9.56. The molecule has 0 atom stereocenters. The van der Waals surface area contributed by atoms with Crippen LogP contribution in [0, 0.1) is 0 Å². The summed E-state index contributed by atoms with van der Waals surface area (Å²) in [6.45, 7) is 0. The summed E-state index contributed by atoms with van der Waals surface area (Å²) in [5, 5.41) is 0. The number of primary amides is 1. The number of hydrogen-bond acceptors (Lipinski definition) is 2. The summed E-state index contributed by atoms with van der Waals surface area (Å²) in [5.41, 5.74) is 3.27. The first-order chi connectivity index (χ1) is 6.93. The fourth-order valence-corrected chi connectivity index (χ4v) is 0.945. The van der Waals surface area contributed by atoms with E-state index < -0.39 is 23.2 Å². The topological polar surface area (TPSA) is 66.2 Å². The molecule has 0 saturated carbocycles. The van der Waals surface area contributed by atoms with Gasteiger partial charge in [0.05, 0.1) is 11.1 Å². The fourth-order valence-electron chi connectivity index (χ4n) is 0.945. The molecule has 0 saturated heterocycles. The van der Waals surface area contributed by atoms with Crippen molar-refractivity contribution in [1.82, 2.24) is 0 Å². The Morgan fingerprint density at radius 3 is 2.00 bits per heavy atom. The molecule has 84 valence electrons. The second-order valence-electron chi connectivity index (χ2n) is 2.41. The van der Waals surface area contributed by atoms with Crippen molar-refractivity contribution in [1.29, 1.82) is 0 Å².